The summed E-state index contributed by atoms with van der Waals surface area (Å²) in [6.45, 7) is 4.63. The van der Waals surface area contributed by atoms with Gasteiger partial charge in [0, 0.05) is 26.2 Å². The lowest BCUT2D eigenvalue weighted by atomic mass is 10.2. The maximum absolute atomic E-state index is 5.16. The number of benzene rings is 1. The Balaban J connectivity index is 2.16. The van der Waals surface area contributed by atoms with Gasteiger partial charge in [0.1, 0.15) is 5.76 Å². The molecular weight excluding hydrogens is 226 g/mol. The fourth-order valence-corrected chi connectivity index (χ4v) is 1.95. The molecule has 0 radical (unpaired) electrons. The minimum absolute atomic E-state index is 0.728. The number of nitrogens with zero attached hydrogens (tertiary/aromatic N) is 2. The van der Waals surface area contributed by atoms with E-state index in [-0.39, 0.29) is 0 Å². The molecule has 18 heavy (non-hydrogen) atoms. The molecule has 2 rings (SSSR count). The summed E-state index contributed by atoms with van der Waals surface area (Å²) in [5, 5.41) is 7.40. The molecular formula is C14H19N3O. The topological polar surface area (TPSA) is 41.3 Å². The van der Waals surface area contributed by atoms with Crippen LogP contribution in [0.1, 0.15) is 17.0 Å². The number of rotatable bonds is 4. The van der Waals surface area contributed by atoms with Gasteiger partial charge in [-0.3, -0.25) is 0 Å². The van der Waals surface area contributed by atoms with Crippen LogP contribution in [0.3, 0.4) is 0 Å². The highest BCUT2D eigenvalue weighted by atomic mass is 16.5. The summed E-state index contributed by atoms with van der Waals surface area (Å²) in [5.41, 5.74) is 4.36. The Morgan fingerprint density at radius 1 is 1.22 bits per heavy atom. The fourth-order valence-electron chi connectivity index (χ4n) is 1.95. The number of hydrogen-bond acceptors (Lipinski definition) is 4. The van der Waals surface area contributed by atoms with Crippen LogP contribution in [0.15, 0.2) is 28.8 Å². The molecule has 0 saturated carbocycles. The quantitative estimate of drug-likeness (QED) is 0.899. The molecule has 1 N–H and O–H groups in total. The molecule has 0 saturated heterocycles. The number of para-hydroxylation sites is 2. The van der Waals surface area contributed by atoms with Gasteiger partial charge in [-0.1, -0.05) is 17.3 Å². The van der Waals surface area contributed by atoms with Crippen molar-refractivity contribution in [3.8, 4) is 0 Å². The van der Waals surface area contributed by atoms with Crippen molar-refractivity contribution >= 4 is 11.4 Å². The van der Waals surface area contributed by atoms with Gasteiger partial charge in [-0.15, -0.1) is 0 Å². The van der Waals surface area contributed by atoms with Crippen LogP contribution in [-0.2, 0) is 6.54 Å². The summed E-state index contributed by atoms with van der Waals surface area (Å²) in [6, 6.07) is 8.24. The Bertz CT molecular complexity index is 512. The molecule has 0 aliphatic rings. The summed E-state index contributed by atoms with van der Waals surface area (Å²) < 4.78 is 5.16. The van der Waals surface area contributed by atoms with Gasteiger partial charge in [0.15, 0.2) is 0 Å². The summed E-state index contributed by atoms with van der Waals surface area (Å²) >= 11 is 0. The van der Waals surface area contributed by atoms with E-state index in [1.807, 2.05) is 40.1 Å². The first-order valence-corrected chi connectivity index (χ1v) is 6.01. The van der Waals surface area contributed by atoms with Crippen LogP contribution < -0.4 is 10.2 Å². The monoisotopic (exact) mass is 245 g/mol. The van der Waals surface area contributed by atoms with E-state index in [2.05, 4.69) is 27.5 Å². The summed E-state index contributed by atoms with van der Waals surface area (Å²) in [7, 11) is 4.08. The van der Waals surface area contributed by atoms with Crippen LogP contribution in [0, 0.1) is 13.8 Å². The molecule has 0 bridgehead atoms. The van der Waals surface area contributed by atoms with Crippen molar-refractivity contribution in [2.75, 3.05) is 24.3 Å². The van der Waals surface area contributed by atoms with Crippen LogP contribution in [0.5, 0.6) is 0 Å². The SMILES string of the molecule is Cc1noc(C)c1CNc1ccccc1N(C)C. The Kier molecular flexibility index (Phi) is 3.55. The lowest BCUT2D eigenvalue weighted by Gasteiger charge is -2.18. The van der Waals surface area contributed by atoms with Crippen LogP contribution in [-0.4, -0.2) is 19.3 Å². The summed E-state index contributed by atoms with van der Waals surface area (Å²) in [6.07, 6.45) is 0. The van der Waals surface area contributed by atoms with Gasteiger partial charge in [-0.2, -0.15) is 0 Å². The molecule has 96 valence electrons. The number of aromatic nitrogens is 1. The highest BCUT2D eigenvalue weighted by molar-refractivity contribution is 5.69. The van der Waals surface area contributed by atoms with E-state index >= 15 is 0 Å². The van der Waals surface area contributed by atoms with Crippen molar-refractivity contribution in [1.29, 1.82) is 0 Å². The van der Waals surface area contributed by atoms with Crippen molar-refractivity contribution in [1.82, 2.24) is 5.16 Å². The Morgan fingerprint density at radius 2 is 1.94 bits per heavy atom. The number of aryl methyl sites for hydroxylation is 2. The molecule has 1 aromatic heterocycles. The van der Waals surface area contributed by atoms with Crippen molar-refractivity contribution in [2.45, 2.75) is 20.4 Å². The van der Waals surface area contributed by atoms with Gasteiger partial charge < -0.3 is 14.7 Å². The molecule has 0 aliphatic heterocycles. The largest absolute Gasteiger partial charge is 0.379 e. The maximum atomic E-state index is 5.16. The molecule has 2 aromatic rings. The average molecular weight is 245 g/mol. The van der Waals surface area contributed by atoms with E-state index in [1.54, 1.807) is 0 Å². The van der Waals surface area contributed by atoms with Crippen molar-refractivity contribution in [2.24, 2.45) is 0 Å². The maximum Gasteiger partial charge on any atom is 0.138 e. The molecule has 0 atom stereocenters. The predicted octanol–water partition coefficient (Wildman–Crippen LogP) is 2.97. The van der Waals surface area contributed by atoms with Gasteiger partial charge in [0.25, 0.3) is 0 Å². The average Bonchev–Trinajstić information content (AvgIpc) is 2.67. The van der Waals surface area contributed by atoms with Crippen molar-refractivity contribution in [3.63, 3.8) is 0 Å². The molecule has 0 unspecified atom stereocenters. The Morgan fingerprint density at radius 3 is 2.56 bits per heavy atom. The normalized spacial score (nSPS) is 10.4. The molecule has 4 nitrogen and oxygen atoms in total. The third-order valence-corrected chi connectivity index (χ3v) is 3.02. The van der Waals surface area contributed by atoms with E-state index < -0.39 is 0 Å². The first-order valence-electron chi connectivity index (χ1n) is 6.01. The minimum atomic E-state index is 0.728. The van der Waals surface area contributed by atoms with Gasteiger partial charge in [-0.25, -0.2) is 0 Å². The molecule has 0 amide bonds. The second-order valence-corrected chi connectivity index (χ2v) is 4.57. The van der Waals surface area contributed by atoms with Gasteiger partial charge in [0.05, 0.1) is 17.1 Å². The Hall–Kier alpha value is -1.97. The number of anilines is 2. The Labute approximate surface area is 108 Å². The number of hydrogen-bond donors (Lipinski definition) is 1. The lowest BCUT2D eigenvalue weighted by Crippen LogP contribution is -2.12. The smallest absolute Gasteiger partial charge is 0.138 e. The zero-order valence-electron chi connectivity index (χ0n) is 11.3. The second kappa shape index (κ2) is 5.12. The van der Waals surface area contributed by atoms with E-state index in [0.717, 1.165) is 29.2 Å². The molecule has 1 aromatic carbocycles. The fraction of sp³-hybridized carbons (Fsp3) is 0.357. The van der Waals surface area contributed by atoms with Gasteiger partial charge in [-0.05, 0) is 26.0 Å². The summed E-state index contributed by atoms with van der Waals surface area (Å²) in [4.78, 5) is 2.09. The zero-order valence-corrected chi connectivity index (χ0v) is 11.3. The van der Waals surface area contributed by atoms with Crippen LogP contribution in [0.25, 0.3) is 0 Å². The lowest BCUT2D eigenvalue weighted by molar-refractivity contribution is 0.392. The van der Waals surface area contributed by atoms with E-state index in [0.29, 0.717) is 0 Å². The standard InChI is InChI=1S/C14H19N3O/c1-10-12(11(2)18-16-10)9-15-13-7-5-6-8-14(13)17(3)4/h5-8,15H,9H2,1-4H3. The molecule has 1 heterocycles. The zero-order chi connectivity index (χ0) is 13.1. The summed E-state index contributed by atoms with van der Waals surface area (Å²) in [5.74, 6) is 0.877. The first kappa shape index (κ1) is 12.5. The predicted molar refractivity (Wildman–Crippen MR) is 74.1 cm³/mol. The molecule has 0 spiro atoms. The van der Waals surface area contributed by atoms with Crippen LogP contribution >= 0.6 is 0 Å². The van der Waals surface area contributed by atoms with E-state index in [1.165, 1.54) is 5.69 Å². The molecule has 4 heteroatoms. The highest BCUT2D eigenvalue weighted by Gasteiger charge is 2.09. The molecule has 0 fully saturated rings. The third kappa shape index (κ3) is 2.47. The second-order valence-electron chi connectivity index (χ2n) is 4.57. The van der Waals surface area contributed by atoms with Gasteiger partial charge in [0.2, 0.25) is 0 Å². The van der Waals surface area contributed by atoms with Crippen LogP contribution in [0.2, 0.25) is 0 Å². The van der Waals surface area contributed by atoms with Crippen LogP contribution in [0.4, 0.5) is 11.4 Å². The molecule has 0 aliphatic carbocycles. The number of nitrogens with one attached hydrogen (secondary N) is 1. The first-order chi connectivity index (χ1) is 8.59. The third-order valence-electron chi connectivity index (χ3n) is 3.02. The van der Waals surface area contributed by atoms with E-state index in [4.69, 9.17) is 4.52 Å². The van der Waals surface area contributed by atoms with Crippen molar-refractivity contribution < 1.29 is 4.52 Å². The minimum Gasteiger partial charge on any atom is -0.379 e. The van der Waals surface area contributed by atoms with Gasteiger partial charge >= 0.3 is 0 Å². The van der Waals surface area contributed by atoms with Crippen molar-refractivity contribution in [3.05, 3.63) is 41.3 Å². The van der Waals surface area contributed by atoms with E-state index in [9.17, 15) is 0 Å². The highest BCUT2D eigenvalue weighted by Crippen LogP contribution is 2.24.